The van der Waals surface area contributed by atoms with Crippen LogP contribution in [0.3, 0.4) is 0 Å². The predicted octanol–water partition coefficient (Wildman–Crippen LogP) is 1.97. The van der Waals surface area contributed by atoms with Gasteiger partial charge < -0.3 is 10.3 Å². The molecule has 1 aliphatic rings. The van der Waals surface area contributed by atoms with Crippen molar-refractivity contribution < 1.29 is 0 Å². The molecule has 0 amide bonds. The molecule has 1 heterocycles. The van der Waals surface area contributed by atoms with Crippen LogP contribution in [-0.4, -0.2) is 14.8 Å². The molecular formula is C11H20N4. The fraction of sp³-hybridized carbons (Fsp3) is 0.818. The maximum atomic E-state index is 6.23. The van der Waals surface area contributed by atoms with E-state index < -0.39 is 0 Å². The Kier molecular flexibility index (Phi) is 2.34. The van der Waals surface area contributed by atoms with Crippen LogP contribution >= 0.6 is 0 Å². The molecule has 4 nitrogen and oxygen atoms in total. The van der Waals surface area contributed by atoms with E-state index in [0.29, 0.717) is 6.04 Å². The number of hydrogen-bond acceptors (Lipinski definition) is 3. The van der Waals surface area contributed by atoms with Gasteiger partial charge in [-0.3, -0.25) is 0 Å². The molecule has 0 radical (unpaired) electrons. The van der Waals surface area contributed by atoms with Crippen molar-refractivity contribution in [3.63, 3.8) is 0 Å². The van der Waals surface area contributed by atoms with Gasteiger partial charge in [-0.2, -0.15) is 0 Å². The van der Waals surface area contributed by atoms with E-state index in [9.17, 15) is 0 Å². The Morgan fingerprint density at radius 1 is 1.33 bits per heavy atom. The lowest BCUT2D eigenvalue weighted by Crippen LogP contribution is -2.29. The van der Waals surface area contributed by atoms with Gasteiger partial charge in [0, 0.05) is 6.04 Å². The standard InChI is InChI=1S/C11H20N4/c1-7-13-14-10(9(12)11(2,3)4)15(7)8-5-6-8/h8-9H,5-6,12H2,1-4H3/t9-/m0/s1. The molecule has 0 unspecified atom stereocenters. The number of hydrogen-bond donors (Lipinski definition) is 1. The van der Waals surface area contributed by atoms with Gasteiger partial charge in [-0.1, -0.05) is 20.8 Å². The fourth-order valence-corrected chi connectivity index (χ4v) is 1.77. The summed E-state index contributed by atoms with van der Waals surface area (Å²) in [4.78, 5) is 0. The zero-order valence-electron chi connectivity index (χ0n) is 9.99. The lowest BCUT2D eigenvalue weighted by atomic mass is 9.87. The van der Waals surface area contributed by atoms with Crippen LogP contribution in [0.2, 0.25) is 0 Å². The number of aryl methyl sites for hydroxylation is 1. The van der Waals surface area contributed by atoms with Gasteiger partial charge in [0.25, 0.3) is 0 Å². The third kappa shape index (κ3) is 1.91. The lowest BCUT2D eigenvalue weighted by molar-refractivity contribution is 0.306. The average Bonchev–Trinajstić information content (AvgIpc) is 2.88. The van der Waals surface area contributed by atoms with Crippen molar-refractivity contribution in [3.8, 4) is 0 Å². The molecule has 1 fully saturated rings. The summed E-state index contributed by atoms with van der Waals surface area (Å²) < 4.78 is 2.22. The molecule has 1 aliphatic carbocycles. The maximum absolute atomic E-state index is 6.23. The van der Waals surface area contributed by atoms with Crippen LogP contribution in [-0.2, 0) is 0 Å². The van der Waals surface area contributed by atoms with Crippen LogP contribution in [0.5, 0.6) is 0 Å². The van der Waals surface area contributed by atoms with E-state index in [4.69, 9.17) is 5.73 Å². The molecule has 1 saturated carbocycles. The smallest absolute Gasteiger partial charge is 0.150 e. The van der Waals surface area contributed by atoms with Crippen molar-refractivity contribution in [1.82, 2.24) is 14.8 Å². The Labute approximate surface area is 90.9 Å². The van der Waals surface area contributed by atoms with Crippen LogP contribution in [0, 0.1) is 12.3 Å². The van der Waals surface area contributed by atoms with Crippen LogP contribution in [0.1, 0.15) is 57.3 Å². The second-order valence-electron chi connectivity index (χ2n) is 5.55. The van der Waals surface area contributed by atoms with Gasteiger partial charge in [0.1, 0.15) is 5.82 Å². The highest BCUT2D eigenvalue weighted by molar-refractivity contribution is 5.07. The van der Waals surface area contributed by atoms with E-state index in [1.165, 1.54) is 12.8 Å². The number of nitrogens with two attached hydrogens (primary N) is 1. The second-order valence-corrected chi connectivity index (χ2v) is 5.55. The average molecular weight is 208 g/mol. The third-order valence-corrected chi connectivity index (χ3v) is 3.02. The quantitative estimate of drug-likeness (QED) is 0.808. The SMILES string of the molecule is Cc1nnc([C@H](N)C(C)(C)C)n1C1CC1. The lowest BCUT2D eigenvalue weighted by Gasteiger charge is -2.26. The second kappa shape index (κ2) is 3.30. The molecule has 4 heteroatoms. The minimum Gasteiger partial charge on any atom is -0.321 e. The van der Waals surface area contributed by atoms with Crippen LogP contribution in [0.4, 0.5) is 0 Å². The van der Waals surface area contributed by atoms with Crippen LogP contribution < -0.4 is 5.73 Å². The molecule has 0 spiro atoms. The Balaban J connectivity index is 2.35. The molecular weight excluding hydrogens is 188 g/mol. The van der Waals surface area contributed by atoms with Gasteiger partial charge in [0.05, 0.1) is 6.04 Å². The molecule has 0 aliphatic heterocycles. The molecule has 0 bridgehead atoms. The molecule has 0 saturated heterocycles. The van der Waals surface area contributed by atoms with E-state index in [2.05, 4.69) is 35.5 Å². The first-order valence-electron chi connectivity index (χ1n) is 5.58. The first-order valence-corrected chi connectivity index (χ1v) is 5.58. The molecule has 1 aromatic heterocycles. The van der Waals surface area contributed by atoms with Crippen LogP contribution in [0.25, 0.3) is 0 Å². The summed E-state index contributed by atoms with van der Waals surface area (Å²) in [6, 6.07) is 0.558. The molecule has 0 aromatic carbocycles. The Hall–Kier alpha value is -0.900. The van der Waals surface area contributed by atoms with Gasteiger partial charge in [0.15, 0.2) is 5.82 Å². The topological polar surface area (TPSA) is 56.7 Å². The molecule has 2 rings (SSSR count). The van der Waals surface area contributed by atoms with Gasteiger partial charge in [-0.15, -0.1) is 10.2 Å². The van der Waals surface area contributed by atoms with Crippen molar-refractivity contribution in [3.05, 3.63) is 11.6 Å². The van der Waals surface area contributed by atoms with Gasteiger partial charge in [0.2, 0.25) is 0 Å². The monoisotopic (exact) mass is 208 g/mol. The Morgan fingerprint density at radius 2 is 1.93 bits per heavy atom. The summed E-state index contributed by atoms with van der Waals surface area (Å²) in [6.07, 6.45) is 2.48. The van der Waals surface area contributed by atoms with Gasteiger partial charge >= 0.3 is 0 Å². The number of rotatable bonds is 2. The highest BCUT2D eigenvalue weighted by atomic mass is 15.3. The molecule has 1 aromatic rings. The highest BCUT2D eigenvalue weighted by Crippen LogP contribution is 2.39. The highest BCUT2D eigenvalue weighted by Gasteiger charge is 2.33. The van der Waals surface area contributed by atoms with E-state index in [1.54, 1.807) is 0 Å². The normalized spacial score (nSPS) is 19.3. The van der Waals surface area contributed by atoms with Gasteiger partial charge in [-0.25, -0.2) is 0 Å². The zero-order valence-corrected chi connectivity index (χ0v) is 9.99. The van der Waals surface area contributed by atoms with Crippen molar-refractivity contribution >= 4 is 0 Å². The Bertz CT molecular complexity index is 357. The zero-order chi connectivity index (χ0) is 11.2. The first kappa shape index (κ1) is 10.6. The van der Waals surface area contributed by atoms with Crippen molar-refractivity contribution in [2.24, 2.45) is 11.1 Å². The summed E-state index contributed by atoms with van der Waals surface area (Å²) in [5.41, 5.74) is 6.26. The summed E-state index contributed by atoms with van der Waals surface area (Å²) in [7, 11) is 0. The molecule has 1 atom stereocenters. The van der Waals surface area contributed by atoms with Crippen molar-refractivity contribution in [2.75, 3.05) is 0 Å². The molecule has 2 N–H and O–H groups in total. The summed E-state index contributed by atoms with van der Waals surface area (Å²) >= 11 is 0. The number of nitrogens with zero attached hydrogens (tertiary/aromatic N) is 3. The third-order valence-electron chi connectivity index (χ3n) is 3.02. The van der Waals surface area contributed by atoms with E-state index in [1.807, 2.05) is 6.92 Å². The summed E-state index contributed by atoms with van der Waals surface area (Å²) in [5.74, 6) is 1.94. The minimum absolute atomic E-state index is 0.0338. The van der Waals surface area contributed by atoms with E-state index in [0.717, 1.165) is 11.6 Å². The minimum atomic E-state index is -0.0423. The van der Waals surface area contributed by atoms with E-state index in [-0.39, 0.29) is 11.5 Å². The fourth-order valence-electron chi connectivity index (χ4n) is 1.77. The first-order chi connectivity index (χ1) is 6.91. The van der Waals surface area contributed by atoms with Crippen molar-refractivity contribution in [2.45, 2.75) is 52.6 Å². The summed E-state index contributed by atoms with van der Waals surface area (Å²) in [6.45, 7) is 8.42. The summed E-state index contributed by atoms with van der Waals surface area (Å²) in [5, 5.41) is 8.38. The Morgan fingerprint density at radius 3 is 2.40 bits per heavy atom. The van der Waals surface area contributed by atoms with Gasteiger partial charge in [-0.05, 0) is 25.2 Å². The van der Waals surface area contributed by atoms with Crippen LogP contribution in [0.15, 0.2) is 0 Å². The molecule has 15 heavy (non-hydrogen) atoms. The van der Waals surface area contributed by atoms with Crippen molar-refractivity contribution in [1.29, 1.82) is 0 Å². The number of aromatic nitrogens is 3. The maximum Gasteiger partial charge on any atom is 0.150 e. The predicted molar refractivity (Wildman–Crippen MR) is 59.4 cm³/mol. The van der Waals surface area contributed by atoms with E-state index >= 15 is 0 Å². The molecule has 84 valence electrons. The largest absolute Gasteiger partial charge is 0.321 e.